The lowest BCUT2D eigenvalue weighted by molar-refractivity contribution is -0.114. The van der Waals surface area contributed by atoms with Gasteiger partial charge < -0.3 is 10.2 Å². The molecular weight excluding hydrogens is 360 g/mol. The third kappa shape index (κ3) is 6.19. The lowest BCUT2D eigenvalue weighted by Crippen LogP contribution is -2.37. The molecule has 2 aromatic rings. The molecule has 1 heterocycles. The largest absolute Gasteiger partial charge is 0.326 e. The molecule has 4 nitrogen and oxygen atoms in total. The van der Waals surface area contributed by atoms with E-state index in [0.29, 0.717) is 0 Å². The molecule has 1 amide bonds. The minimum atomic E-state index is -0.105. The number of nitrogens with zero attached hydrogens (tertiary/aromatic N) is 1. The molecule has 1 fully saturated rings. The molecule has 27 heavy (non-hydrogen) atoms. The van der Waals surface area contributed by atoms with E-state index in [1.165, 1.54) is 12.5 Å². The first-order valence-electron chi connectivity index (χ1n) is 9.30. The summed E-state index contributed by atoms with van der Waals surface area (Å²) < 4.78 is 0. The average molecular weight is 387 g/mol. The molecule has 0 unspecified atom stereocenters. The van der Waals surface area contributed by atoms with Gasteiger partial charge in [0.15, 0.2) is 5.78 Å². The second-order valence-corrected chi connectivity index (χ2v) is 6.97. The smallest absolute Gasteiger partial charge is 0.221 e. The van der Waals surface area contributed by atoms with Gasteiger partial charge >= 0.3 is 0 Å². The fraction of sp³-hybridized carbons (Fsp3) is 0.364. The standard InChI is InChI=1S/C22H26N2O2.ClH/c1-17(25)23-21-9-7-19(8-10-21)22(26)20-12-15-24(16-13-20)14-11-18-5-3-2-4-6-18;/h2-10,20H,11-16H2,1H3,(H,23,25);1H. The monoisotopic (exact) mass is 386 g/mol. The number of benzene rings is 2. The van der Waals surface area contributed by atoms with Gasteiger partial charge in [-0.1, -0.05) is 30.3 Å². The molecule has 1 aliphatic rings. The van der Waals surface area contributed by atoms with Crippen LogP contribution >= 0.6 is 12.4 Å². The van der Waals surface area contributed by atoms with Crippen LogP contribution in [0.25, 0.3) is 0 Å². The number of hydrogen-bond acceptors (Lipinski definition) is 3. The zero-order chi connectivity index (χ0) is 18.4. The Kier molecular flexibility index (Phi) is 8.01. The van der Waals surface area contributed by atoms with Gasteiger partial charge in [0.05, 0.1) is 0 Å². The Morgan fingerprint density at radius 2 is 1.63 bits per heavy atom. The molecule has 1 aliphatic heterocycles. The van der Waals surface area contributed by atoms with E-state index in [1.807, 2.05) is 18.2 Å². The van der Waals surface area contributed by atoms with Crippen LogP contribution in [0.2, 0.25) is 0 Å². The number of carbonyl (C=O) groups excluding carboxylic acids is 2. The fourth-order valence-corrected chi connectivity index (χ4v) is 3.51. The van der Waals surface area contributed by atoms with Gasteiger partial charge in [-0.2, -0.15) is 0 Å². The van der Waals surface area contributed by atoms with E-state index >= 15 is 0 Å². The Morgan fingerprint density at radius 1 is 1.00 bits per heavy atom. The SMILES string of the molecule is CC(=O)Nc1ccc(C(=O)C2CCN(CCc3ccccc3)CC2)cc1.Cl. The molecule has 0 aliphatic carbocycles. The van der Waals surface area contributed by atoms with Crippen LogP contribution in [0.1, 0.15) is 35.7 Å². The summed E-state index contributed by atoms with van der Waals surface area (Å²) in [5.41, 5.74) is 2.83. The van der Waals surface area contributed by atoms with Gasteiger partial charge in [-0.3, -0.25) is 9.59 Å². The van der Waals surface area contributed by atoms with Gasteiger partial charge in [-0.15, -0.1) is 12.4 Å². The fourth-order valence-electron chi connectivity index (χ4n) is 3.51. The summed E-state index contributed by atoms with van der Waals surface area (Å²) >= 11 is 0. The predicted octanol–water partition coefficient (Wildman–Crippen LogP) is 4.20. The van der Waals surface area contributed by atoms with E-state index in [0.717, 1.165) is 50.1 Å². The highest BCUT2D eigenvalue weighted by molar-refractivity contribution is 5.98. The third-order valence-electron chi connectivity index (χ3n) is 5.01. The highest BCUT2D eigenvalue weighted by Crippen LogP contribution is 2.23. The van der Waals surface area contributed by atoms with Crippen molar-refractivity contribution < 1.29 is 9.59 Å². The number of amides is 1. The van der Waals surface area contributed by atoms with Crippen molar-refractivity contribution in [2.75, 3.05) is 25.0 Å². The summed E-state index contributed by atoms with van der Waals surface area (Å²) in [5.74, 6) is 0.226. The van der Waals surface area contributed by atoms with Crippen molar-refractivity contribution in [2.45, 2.75) is 26.2 Å². The molecule has 1 saturated heterocycles. The van der Waals surface area contributed by atoms with Crippen LogP contribution in [0.3, 0.4) is 0 Å². The predicted molar refractivity (Wildman–Crippen MR) is 112 cm³/mol. The summed E-state index contributed by atoms with van der Waals surface area (Å²) in [6, 6.07) is 17.8. The molecule has 0 bridgehead atoms. The first kappa shape index (κ1) is 21.1. The normalized spacial score (nSPS) is 15.0. The lowest BCUT2D eigenvalue weighted by atomic mass is 9.88. The van der Waals surface area contributed by atoms with Gasteiger partial charge in [0.1, 0.15) is 0 Å². The Labute approximate surface area is 167 Å². The van der Waals surface area contributed by atoms with Crippen LogP contribution in [0.5, 0.6) is 0 Å². The topological polar surface area (TPSA) is 49.4 Å². The van der Waals surface area contributed by atoms with Crippen molar-refractivity contribution in [3.8, 4) is 0 Å². The maximum Gasteiger partial charge on any atom is 0.221 e. The van der Waals surface area contributed by atoms with E-state index in [1.54, 1.807) is 12.1 Å². The van der Waals surface area contributed by atoms with Crippen molar-refractivity contribution >= 4 is 29.8 Å². The maximum absolute atomic E-state index is 12.7. The van der Waals surface area contributed by atoms with Gasteiger partial charge in [0.25, 0.3) is 0 Å². The molecule has 1 N–H and O–H groups in total. The number of rotatable bonds is 6. The number of anilines is 1. The minimum Gasteiger partial charge on any atom is -0.326 e. The average Bonchev–Trinajstić information content (AvgIpc) is 2.67. The zero-order valence-corrected chi connectivity index (χ0v) is 16.5. The van der Waals surface area contributed by atoms with Gasteiger partial charge in [-0.05, 0) is 62.2 Å². The summed E-state index contributed by atoms with van der Waals surface area (Å²) in [5, 5.41) is 2.73. The van der Waals surface area contributed by atoms with Crippen molar-refractivity contribution in [2.24, 2.45) is 5.92 Å². The highest BCUT2D eigenvalue weighted by Gasteiger charge is 2.25. The number of likely N-dealkylation sites (tertiary alicyclic amines) is 1. The highest BCUT2D eigenvalue weighted by atomic mass is 35.5. The number of carbonyl (C=O) groups is 2. The van der Waals surface area contributed by atoms with Gasteiger partial charge in [0.2, 0.25) is 5.91 Å². The number of hydrogen-bond donors (Lipinski definition) is 1. The molecule has 0 radical (unpaired) electrons. The molecule has 0 saturated carbocycles. The van der Waals surface area contributed by atoms with E-state index in [-0.39, 0.29) is 30.0 Å². The van der Waals surface area contributed by atoms with Gasteiger partial charge in [0, 0.05) is 30.6 Å². The second kappa shape index (κ2) is 10.2. The van der Waals surface area contributed by atoms with Crippen molar-refractivity contribution in [1.82, 2.24) is 4.90 Å². The summed E-state index contributed by atoms with van der Waals surface area (Å²) in [6.07, 6.45) is 2.90. The van der Waals surface area contributed by atoms with Crippen LogP contribution in [0.4, 0.5) is 5.69 Å². The number of Topliss-reactive ketones (excluding diaryl/α,β-unsaturated/α-hetero) is 1. The van der Waals surface area contributed by atoms with Crippen LogP contribution in [-0.4, -0.2) is 36.2 Å². The number of piperidine rings is 1. The number of nitrogens with one attached hydrogen (secondary N) is 1. The van der Waals surface area contributed by atoms with Crippen LogP contribution in [0, 0.1) is 5.92 Å². The number of halogens is 1. The Balaban J connectivity index is 0.00000261. The van der Waals surface area contributed by atoms with E-state index in [2.05, 4.69) is 34.5 Å². The van der Waals surface area contributed by atoms with Crippen molar-refractivity contribution in [1.29, 1.82) is 0 Å². The Morgan fingerprint density at radius 3 is 2.22 bits per heavy atom. The first-order valence-corrected chi connectivity index (χ1v) is 9.30. The maximum atomic E-state index is 12.7. The molecular formula is C22H27ClN2O2. The second-order valence-electron chi connectivity index (χ2n) is 6.97. The quantitative estimate of drug-likeness (QED) is 0.757. The third-order valence-corrected chi connectivity index (χ3v) is 5.01. The minimum absolute atomic E-state index is 0. The molecule has 0 aromatic heterocycles. The summed E-state index contributed by atoms with van der Waals surface area (Å²) in [7, 11) is 0. The molecule has 5 heteroatoms. The number of ketones is 1. The summed E-state index contributed by atoms with van der Waals surface area (Å²) in [6.45, 7) is 4.49. The Bertz CT molecular complexity index is 739. The molecule has 0 atom stereocenters. The van der Waals surface area contributed by atoms with Gasteiger partial charge in [-0.25, -0.2) is 0 Å². The zero-order valence-electron chi connectivity index (χ0n) is 15.7. The van der Waals surface area contributed by atoms with E-state index in [4.69, 9.17) is 0 Å². The molecule has 2 aromatic carbocycles. The van der Waals surface area contributed by atoms with Crippen LogP contribution < -0.4 is 5.32 Å². The lowest BCUT2D eigenvalue weighted by Gasteiger charge is -2.31. The van der Waals surface area contributed by atoms with Crippen LogP contribution in [0.15, 0.2) is 54.6 Å². The molecule has 0 spiro atoms. The van der Waals surface area contributed by atoms with E-state index in [9.17, 15) is 9.59 Å². The summed E-state index contributed by atoms with van der Waals surface area (Å²) in [4.78, 5) is 26.2. The Hall–Kier alpha value is -2.17. The van der Waals surface area contributed by atoms with Crippen molar-refractivity contribution in [3.63, 3.8) is 0 Å². The van der Waals surface area contributed by atoms with Crippen molar-refractivity contribution in [3.05, 3.63) is 65.7 Å². The van der Waals surface area contributed by atoms with E-state index < -0.39 is 0 Å². The first-order chi connectivity index (χ1) is 12.6. The molecule has 144 valence electrons. The molecule has 3 rings (SSSR count). The van der Waals surface area contributed by atoms with Crippen LogP contribution in [-0.2, 0) is 11.2 Å².